The summed E-state index contributed by atoms with van der Waals surface area (Å²) in [6.07, 6.45) is -0.465. The monoisotopic (exact) mass is 599 g/mol. The van der Waals surface area contributed by atoms with Crippen molar-refractivity contribution in [3.63, 3.8) is 0 Å². The zero-order chi connectivity index (χ0) is 29.2. The normalized spacial score (nSPS) is 24.3. The molecule has 4 atom stereocenters. The molecule has 0 unspecified atom stereocenters. The van der Waals surface area contributed by atoms with Crippen LogP contribution in [0.3, 0.4) is 0 Å². The Hall–Kier alpha value is -3.50. The lowest BCUT2D eigenvalue weighted by Crippen LogP contribution is -2.57. The van der Waals surface area contributed by atoms with E-state index in [1.807, 2.05) is 74.5 Å². The summed E-state index contributed by atoms with van der Waals surface area (Å²) < 4.78 is 60.7. The van der Waals surface area contributed by atoms with Crippen LogP contribution < -0.4 is 4.90 Å². The van der Waals surface area contributed by atoms with Gasteiger partial charge >= 0.3 is 0 Å². The molecule has 3 aliphatic rings. The molecule has 0 amide bonds. The highest BCUT2D eigenvalue weighted by atomic mass is 32.2. The number of sulfonamides is 2. The summed E-state index contributed by atoms with van der Waals surface area (Å²) in [5, 5.41) is 0. The number of hydrogen-bond donors (Lipinski definition) is 0. The van der Waals surface area contributed by atoms with Crippen LogP contribution in [-0.4, -0.2) is 57.3 Å². The molecule has 42 heavy (non-hydrogen) atoms. The van der Waals surface area contributed by atoms with Crippen molar-refractivity contribution < 1.29 is 16.8 Å². The molecule has 0 saturated carbocycles. The number of benzene rings is 4. The van der Waals surface area contributed by atoms with E-state index in [0.717, 1.165) is 27.9 Å². The van der Waals surface area contributed by atoms with E-state index in [4.69, 9.17) is 0 Å². The van der Waals surface area contributed by atoms with Gasteiger partial charge < -0.3 is 4.90 Å². The molecule has 216 valence electrons. The molecule has 0 aliphatic carbocycles. The average Bonchev–Trinajstić information content (AvgIpc) is 3.49. The van der Waals surface area contributed by atoms with Gasteiger partial charge in [-0.2, -0.15) is 8.61 Å². The van der Waals surface area contributed by atoms with Crippen molar-refractivity contribution in [3.8, 4) is 0 Å². The van der Waals surface area contributed by atoms with Crippen LogP contribution in [0.5, 0.6) is 0 Å². The largest absolute Gasteiger partial charge is 0.353 e. The van der Waals surface area contributed by atoms with E-state index in [-0.39, 0.29) is 34.7 Å². The van der Waals surface area contributed by atoms with Gasteiger partial charge in [0, 0.05) is 43.2 Å². The second-order valence-corrected chi connectivity index (χ2v) is 15.3. The van der Waals surface area contributed by atoms with Crippen LogP contribution >= 0.6 is 0 Å². The van der Waals surface area contributed by atoms with Gasteiger partial charge in [-0.15, -0.1) is 0 Å². The predicted octanol–water partition coefficient (Wildman–Crippen LogP) is 5.09. The number of anilines is 1. The molecule has 2 fully saturated rings. The van der Waals surface area contributed by atoms with Gasteiger partial charge in [0.2, 0.25) is 20.0 Å². The molecule has 2 saturated heterocycles. The summed E-state index contributed by atoms with van der Waals surface area (Å²) in [7, 11) is -7.90. The molecule has 4 aromatic carbocycles. The summed E-state index contributed by atoms with van der Waals surface area (Å²) in [4.78, 5) is 2.56. The van der Waals surface area contributed by atoms with Crippen molar-refractivity contribution >= 4 is 25.7 Å². The van der Waals surface area contributed by atoms with E-state index >= 15 is 0 Å². The molecule has 7 rings (SSSR count). The van der Waals surface area contributed by atoms with Crippen LogP contribution in [0.1, 0.15) is 34.1 Å². The van der Waals surface area contributed by atoms with Gasteiger partial charge in [0.05, 0.1) is 9.79 Å². The standard InChI is InChI=1S/C33H33N3O4S2/c1-23-12-16-26(17-13-23)41(37,38)34-20-21-35-29-11-7-6-10-28(29)32-31(25-8-4-3-5-9-25)30(22-34)36(33(32)35)42(39,40)27-18-14-24(2)15-19-27/h3-19,30-33H,20-22H2,1-2H3/t30-,31+,32+,33-/m1/s1. The molecular formula is C33H33N3O4S2. The summed E-state index contributed by atoms with van der Waals surface area (Å²) in [6, 6.07) is 31.3. The van der Waals surface area contributed by atoms with Crippen molar-refractivity contribution in [2.75, 3.05) is 24.5 Å². The Bertz CT molecular complexity index is 1840. The smallest absolute Gasteiger partial charge is 0.245 e. The Morgan fingerprint density at radius 2 is 1.19 bits per heavy atom. The number of rotatable bonds is 5. The van der Waals surface area contributed by atoms with Gasteiger partial charge in [-0.05, 0) is 55.3 Å². The Kier molecular flexibility index (Phi) is 6.54. The first-order valence-electron chi connectivity index (χ1n) is 14.3. The molecule has 0 radical (unpaired) electrons. The Balaban J connectivity index is 1.44. The summed E-state index contributed by atoms with van der Waals surface area (Å²) >= 11 is 0. The maximum Gasteiger partial charge on any atom is 0.245 e. The first-order valence-corrected chi connectivity index (χ1v) is 17.1. The number of hydrogen-bond acceptors (Lipinski definition) is 5. The third kappa shape index (κ3) is 4.21. The minimum absolute atomic E-state index is 0.0594. The molecule has 4 aromatic rings. The minimum Gasteiger partial charge on any atom is -0.353 e. The molecule has 7 nitrogen and oxygen atoms in total. The van der Waals surface area contributed by atoms with Gasteiger partial charge in [-0.1, -0.05) is 83.9 Å². The van der Waals surface area contributed by atoms with Gasteiger partial charge in [0.25, 0.3) is 0 Å². The fourth-order valence-electron chi connectivity index (χ4n) is 7.10. The molecule has 2 bridgehead atoms. The highest BCUT2D eigenvalue weighted by Gasteiger charge is 2.61. The van der Waals surface area contributed by atoms with Gasteiger partial charge in [0.15, 0.2) is 0 Å². The van der Waals surface area contributed by atoms with Gasteiger partial charge in [-0.3, -0.25) is 0 Å². The maximum atomic E-state index is 14.7. The fourth-order valence-corrected chi connectivity index (χ4v) is 10.4. The third-order valence-corrected chi connectivity index (χ3v) is 12.8. The van der Waals surface area contributed by atoms with E-state index in [1.165, 1.54) is 4.31 Å². The highest BCUT2D eigenvalue weighted by molar-refractivity contribution is 7.89. The molecule has 0 spiro atoms. The molecule has 0 N–H and O–H groups in total. The van der Waals surface area contributed by atoms with Crippen molar-refractivity contribution in [2.45, 2.75) is 47.7 Å². The van der Waals surface area contributed by atoms with Gasteiger partial charge in [0.1, 0.15) is 6.17 Å². The SMILES string of the molecule is Cc1ccc(S(=O)(=O)N2CCN3c4ccccc4[C@H]4[C@@H](c5ccccc5)[C@@H](C2)N(S(=O)(=O)c2ccc(C)cc2)[C@H]43)cc1. The average molecular weight is 600 g/mol. The van der Waals surface area contributed by atoms with E-state index in [0.29, 0.717) is 6.54 Å². The van der Waals surface area contributed by atoms with Crippen LogP contribution in [0.4, 0.5) is 5.69 Å². The second kappa shape index (κ2) is 10.1. The summed E-state index contributed by atoms with van der Waals surface area (Å²) in [5.41, 5.74) is 5.02. The summed E-state index contributed by atoms with van der Waals surface area (Å²) in [6.45, 7) is 4.54. The van der Waals surface area contributed by atoms with Crippen LogP contribution in [0.2, 0.25) is 0 Å². The van der Waals surface area contributed by atoms with E-state index in [9.17, 15) is 16.8 Å². The fraction of sp³-hybridized carbons (Fsp3) is 0.273. The Morgan fingerprint density at radius 3 is 1.83 bits per heavy atom. The summed E-state index contributed by atoms with van der Waals surface area (Å²) in [5.74, 6) is -0.410. The quantitative estimate of drug-likeness (QED) is 0.319. The number of aryl methyl sites for hydroxylation is 2. The molecule has 9 heteroatoms. The molecule has 3 heterocycles. The minimum atomic E-state index is -4.01. The lowest BCUT2D eigenvalue weighted by atomic mass is 9.80. The van der Waals surface area contributed by atoms with E-state index in [1.54, 1.807) is 40.7 Å². The van der Waals surface area contributed by atoms with Crippen molar-refractivity contribution in [2.24, 2.45) is 0 Å². The zero-order valence-corrected chi connectivity index (χ0v) is 25.2. The van der Waals surface area contributed by atoms with Crippen LogP contribution in [-0.2, 0) is 20.0 Å². The first kappa shape index (κ1) is 27.3. The Morgan fingerprint density at radius 1 is 0.619 bits per heavy atom. The zero-order valence-electron chi connectivity index (χ0n) is 23.5. The Labute approximate surface area is 248 Å². The predicted molar refractivity (Wildman–Crippen MR) is 163 cm³/mol. The van der Waals surface area contributed by atoms with E-state index in [2.05, 4.69) is 11.0 Å². The third-order valence-electron chi connectivity index (χ3n) is 9.06. The van der Waals surface area contributed by atoms with Crippen molar-refractivity contribution in [3.05, 3.63) is 125 Å². The lowest BCUT2D eigenvalue weighted by molar-refractivity contribution is 0.240. The molecule has 0 aromatic heterocycles. The second-order valence-electron chi connectivity index (χ2n) is 11.5. The molecular weight excluding hydrogens is 567 g/mol. The highest BCUT2D eigenvalue weighted by Crippen LogP contribution is 2.58. The van der Waals surface area contributed by atoms with E-state index < -0.39 is 32.3 Å². The lowest BCUT2D eigenvalue weighted by Gasteiger charge is -2.41. The topological polar surface area (TPSA) is 78.0 Å². The van der Waals surface area contributed by atoms with Crippen molar-refractivity contribution in [1.82, 2.24) is 8.61 Å². The number of para-hydroxylation sites is 1. The van der Waals surface area contributed by atoms with Crippen molar-refractivity contribution in [1.29, 1.82) is 0 Å². The van der Waals surface area contributed by atoms with Gasteiger partial charge in [-0.25, -0.2) is 16.8 Å². The number of fused-ring (bicyclic) bond motifs is 4. The number of nitrogens with zero attached hydrogens (tertiary/aromatic N) is 3. The molecule has 3 aliphatic heterocycles. The van der Waals surface area contributed by atoms with Crippen LogP contribution in [0.25, 0.3) is 0 Å². The van der Waals surface area contributed by atoms with Crippen LogP contribution in [0.15, 0.2) is 113 Å². The maximum absolute atomic E-state index is 14.7. The van der Waals surface area contributed by atoms with Crippen LogP contribution in [0, 0.1) is 13.8 Å². The first-order chi connectivity index (χ1) is 20.2.